The summed E-state index contributed by atoms with van der Waals surface area (Å²) in [6.45, 7) is 1.67. The summed E-state index contributed by atoms with van der Waals surface area (Å²) < 4.78 is 9.91. The van der Waals surface area contributed by atoms with Gasteiger partial charge in [-0.1, -0.05) is 15.9 Å². The van der Waals surface area contributed by atoms with E-state index in [1.54, 1.807) is 24.3 Å². The van der Waals surface area contributed by atoms with Crippen LogP contribution in [-0.2, 0) is 9.53 Å². The third kappa shape index (κ3) is 4.19. The number of Topliss-reactive ketones (excluding diaryl/α,β-unsaturated/α-hetero) is 1. The maximum absolute atomic E-state index is 11.1. The minimum atomic E-state index is -0.500. The third-order valence-corrected chi connectivity index (χ3v) is 2.75. The predicted octanol–water partition coefficient (Wildman–Crippen LogP) is 2.20. The van der Waals surface area contributed by atoms with E-state index < -0.39 is 4.83 Å². The fourth-order valence-corrected chi connectivity index (χ4v) is 1.47. The molecule has 17 heavy (non-hydrogen) atoms. The zero-order valence-corrected chi connectivity index (χ0v) is 11.2. The maximum Gasteiger partial charge on any atom is 0.322 e. The maximum atomic E-state index is 11.1. The first-order valence-electron chi connectivity index (χ1n) is 5.00. The number of hydrogen-bond acceptors (Lipinski definition) is 4. The van der Waals surface area contributed by atoms with E-state index in [9.17, 15) is 9.59 Å². The van der Waals surface area contributed by atoms with Crippen molar-refractivity contribution in [2.75, 3.05) is 13.7 Å². The van der Waals surface area contributed by atoms with Crippen molar-refractivity contribution in [3.63, 3.8) is 0 Å². The van der Waals surface area contributed by atoms with Crippen molar-refractivity contribution in [1.82, 2.24) is 0 Å². The number of halogens is 1. The second-order valence-corrected chi connectivity index (χ2v) is 4.49. The molecule has 0 N–H and O–H groups in total. The van der Waals surface area contributed by atoms with Gasteiger partial charge < -0.3 is 9.47 Å². The highest BCUT2D eigenvalue weighted by Gasteiger charge is 2.15. The molecule has 5 heteroatoms. The average Bonchev–Trinajstić information content (AvgIpc) is 2.35. The molecule has 0 aliphatic carbocycles. The van der Waals surface area contributed by atoms with E-state index >= 15 is 0 Å². The summed E-state index contributed by atoms with van der Waals surface area (Å²) in [5.74, 6) is 0.221. The number of ether oxygens (including phenoxy) is 2. The molecule has 0 heterocycles. The molecule has 1 rings (SSSR count). The lowest BCUT2D eigenvalue weighted by molar-refractivity contribution is -0.140. The third-order valence-electron chi connectivity index (χ3n) is 2.11. The number of alkyl halides is 1. The summed E-state index contributed by atoms with van der Waals surface area (Å²) in [5.41, 5.74) is 0.626. The molecule has 1 aromatic rings. The molecule has 92 valence electrons. The number of carbonyl (C=O) groups excluding carboxylic acids is 2. The Kier molecular flexibility index (Phi) is 5.15. The topological polar surface area (TPSA) is 52.6 Å². The van der Waals surface area contributed by atoms with Crippen molar-refractivity contribution in [3.8, 4) is 5.75 Å². The van der Waals surface area contributed by atoms with Gasteiger partial charge in [-0.25, -0.2) is 0 Å². The summed E-state index contributed by atoms with van der Waals surface area (Å²) in [5, 5.41) is 0. The largest absolute Gasteiger partial charge is 0.492 e. The van der Waals surface area contributed by atoms with Gasteiger partial charge in [0.1, 0.15) is 17.2 Å². The fraction of sp³-hybridized carbons (Fsp3) is 0.333. The number of hydrogen-bond donors (Lipinski definition) is 0. The molecule has 1 unspecified atom stereocenters. The Morgan fingerprint density at radius 2 is 1.88 bits per heavy atom. The Labute approximate surface area is 108 Å². The van der Waals surface area contributed by atoms with Crippen LogP contribution in [0.4, 0.5) is 0 Å². The van der Waals surface area contributed by atoms with E-state index in [0.29, 0.717) is 11.3 Å². The molecule has 0 saturated heterocycles. The first-order valence-corrected chi connectivity index (χ1v) is 5.92. The van der Waals surface area contributed by atoms with Crippen LogP contribution in [0, 0.1) is 0 Å². The highest BCUT2D eigenvalue weighted by atomic mass is 79.9. The standard InChI is InChI=1S/C12H13BrO4/c1-8(14)9-3-5-10(6-4-9)17-7-11(13)12(15)16-2/h3-6,11H,7H2,1-2H3. The van der Waals surface area contributed by atoms with Crippen molar-refractivity contribution in [1.29, 1.82) is 0 Å². The van der Waals surface area contributed by atoms with Gasteiger partial charge in [0.25, 0.3) is 0 Å². The number of esters is 1. The Balaban J connectivity index is 2.53. The Bertz CT molecular complexity index is 399. The fourth-order valence-electron chi connectivity index (χ4n) is 1.15. The molecule has 0 aliphatic rings. The van der Waals surface area contributed by atoms with E-state index in [2.05, 4.69) is 20.7 Å². The molecule has 0 aliphatic heterocycles. The smallest absolute Gasteiger partial charge is 0.322 e. The first kappa shape index (κ1) is 13.7. The van der Waals surface area contributed by atoms with E-state index in [1.165, 1.54) is 14.0 Å². The van der Waals surface area contributed by atoms with Gasteiger partial charge in [-0.3, -0.25) is 9.59 Å². The highest BCUT2D eigenvalue weighted by molar-refractivity contribution is 9.10. The second-order valence-electron chi connectivity index (χ2n) is 3.38. The Morgan fingerprint density at radius 1 is 1.29 bits per heavy atom. The molecule has 0 amide bonds. The van der Waals surface area contributed by atoms with Crippen LogP contribution in [0.5, 0.6) is 5.75 Å². The van der Waals surface area contributed by atoms with E-state index in [4.69, 9.17) is 4.74 Å². The molecule has 0 bridgehead atoms. The van der Waals surface area contributed by atoms with Gasteiger partial charge >= 0.3 is 5.97 Å². The van der Waals surface area contributed by atoms with Crippen molar-refractivity contribution >= 4 is 27.7 Å². The van der Waals surface area contributed by atoms with Crippen LogP contribution in [0.25, 0.3) is 0 Å². The minimum Gasteiger partial charge on any atom is -0.492 e. The van der Waals surface area contributed by atoms with Crippen molar-refractivity contribution < 1.29 is 19.1 Å². The molecule has 4 nitrogen and oxygen atoms in total. The summed E-state index contributed by atoms with van der Waals surface area (Å²) in [4.78, 5) is 21.6. The zero-order valence-electron chi connectivity index (χ0n) is 9.60. The van der Waals surface area contributed by atoms with Crippen LogP contribution in [0.2, 0.25) is 0 Å². The number of rotatable bonds is 5. The van der Waals surface area contributed by atoms with Crippen molar-refractivity contribution in [2.45, 2.75) is 11.8 Å². The molecular formula is C12H13BrO4. The highest BCUT2D eigenvalue weighted by Crippen LogP contribution is 2.14. The molecule has 0 radical (unpaired) electrons. The normalized spacial score (nSPS) is 11.7. The molecular weight excluding hydrogens is 288 g/mol. The van der Waals surface area contributed by atoms with Crippen LogP contribution >= 0.6 is 15.9 Å². The van der Waals surface area contributed by atoms with Gasteiger partial charge in [0.15, 0.2) is 5.78 Å². The van der Waals surface area contributed by atoms with Gasteiger partial charge in [0.05, 0.1) is 7.11 Å². The van der Waals surface area contributed by atoms with Gasteiger partial charge in [-0.15, -0.1) is 0 Å². The van der Waals surface area contributed by atoms with Crippen molar-refractivity contribution in [2.24, 2.45) is 0 Å². The summed E-state index contributed by atoms with van der Waals surface area (Å²) in [6, 6.07) is 6.74. The van der Waals surface area contributed by atoms with E-state index in [-0.39, 0.29) is 18.4 Å². The number of benzene rings is 1. The first-order chi connectivity index (χ1) is 8.04. The van der Waals surface area contributed by atoms with Crippen LogP contribution in [0.3, 0.4) is 0 Å². The lowest BCUT2D eigenvalue weighted by Gasteiger charge is -2.10. The van der Waals surface area contributed by atoms with E-state index in [0.717, 1.165) is 0 Å². The average molecular weight is 301 g/mol. The van der Waals surface area contributed by atoms with Gasteiger partial charge in [-0.05, 0) is 31.2 Å². The van der Waals surface area contributed by atoms with Crippen LogP contribution in [-0.4, -0.2) is 30.3 Å². The molecule has 0 aromatic heterocycles. The minimum absolute atomic E-state index is 0.00415. The summed E-state index contributed by atoms with van der Waals surface area (Å²) in [7, 11) is 1.32. The van der Waals surface area contributed by atoms with Gasteiger partial charge in [0.2, 0.25) is 0 Å². The molecule has 0 fully saturated rings. The lowest BCUT2D eigenvalue weighted by atomic mass is 10.1. The summed E-state index contributed by atoms with van der Waals surface area (Å²) in [6.07, 6.45) is 0. The quantitative estimate of drug-likeness (QED) is 0.475. The SMILES string of the molecule is COC(=O)C(Br)COc1ccc(C(C)=O)cc1. The Hall–Kier alpha value is -1.36. The van der Waals surface area contributed by atoms with Gasteiger partial charge in [-0.2, -0.15) is 0 Å². The van der Waals surface area contributed by atoms with Crippen molar-refractivity contribution in [3.05, 3.63) is 29.8 Å². The Morgan fingerprint density at radius 3 is 2.35 bits per heavy atom. The number of ketones is 1. The predicted molar refractivity (Wildman–Crippen MR) is 66.7 cm³/mol. The number of methoxy groups -OCH3 is 1. The zero-order chi connectivity index (χ0) is 12.8. The molecule has 1 atom stereocenters. The van der Waals surface area contributed by atoms with Crippen LogP contribution in [0.15, 0.2) is 24.3 Å². The monoisotopic (exact) mass is 300 g/mol. The lowest BCUT2D eigenvalue weighted by Crippen LogP contribution is -2.22. The second kappa shape index (κ2) is 6.39. The molecule has 1 aromatic carbocycles. The van der Waals surface area contributed by atoms with Gasteiger partial charge in [0, 0.05) is 5.56 Å². The summed E-state index contributed by atoms with van der Waals surface area (Å²) >= 11 is 3.14. The van der Waals surface area contributed by atoms with Crippen LogP contribution < -0.4 is 4.74 Å². The molecule has 0 spiro atoms. The van der Waals surface area contributed by atoms with Crippen LogP contribution in [0.1, 0.15) is 17.3 Å². The molecule has 0 saturated carbocycles. The number of carbonyl (C=O) groups is 2. The van der Waals surface area contributed by atoms with E-state index in [1.807, 2.05) is 0 Å².